The zero-order chi connectivity index (χ0) is 19.6. The lowest BCUT2D eigenvalue weighted by molar-refractivity contribution is 0.726. The highest BCUT2D eigenvalue weighted by Crippen LogP contribution is 2.21. The molecule has 0 aliphatic carbocycles. The fourth-order valence-electron chi connectivity index (χ4n) is 3.72. The number of hydrogen-bond acceptors (Lipinski definition) is 7. The molecule has 29 heavy (non-hydrogen) atoms. The number of hydrogen-bond donors (Lipinski definition) is 1. The van der Waals surface area contributed by atoms with Crippen molar-refractivity contribution in [2.75, 3.05) is 23.3 Å². The molecule has 3 aromatic heterocycles. The molecule has 0 radical (unpaired) electrons. The van der Waals surface area contributed by atoms with E-state index < -0.39 is 0 Å². The Morgan fingerprint density at radius 1 is 0.931 bits per heavy atom. The Balaban J connectivity index is 1.36. The summed E-state index contributed by atoms with van der Waals surface area (Å²) in [4.78, 5) is 15.6. The third kappa shape index (κ3) is 3.63. The van der Waals surface area contributed by atoms with Gasteiger partial charge in [0.1, 0.15) is 18.5 Å². The monoisotopic (exact) mass is 389 g/mol. The molecule has 9 nitrogen and oxygen atoms in total. The van der Waals surface area contributed by atoms with Gasteiger partial charge in [0.2, 0.25) is 5.95 Å². The van der Waals surface area contributed by atoms with Gasteiger partial charge in [-0.2, -0.15) is 10.1 Å². The van der Waals surface area contributed by atoms with Crippen LogP contribution in [0.25, 0.3) is 16.7 Å². The van der Waals surface area contributed by atoms with E-state index in [4.69, 9.17) is 0 Å². The van der Waals surface area contributed by atoms with Crippen LogP contribution in [-0.4, -0.2) is 47.6 Å². The van der Waals surface area contributed by atoms with Gasteiger partial charge in [-0.15, -0.1) is 5.10 Å². The lowest BCUT2D eigenvalue weighted by Crippen LogP contribution is -2.25. The number of nitrogens with zero attached hydrogens (tertiary/aromatic N) is 8. The maximum atomic E-state index is 4.53. The van der Waals surface area contributed by atoms with Crippen molar-refractivity contribution in [3.63, 3.8) is 0 Å². The van der Waals surface area contributed by atoms with Crippen LogP contribution in [0.2, 0.25) is 0 Å². The van der Waals surface area contributed by atoms with Crippen LogP contribution in [-0.2, 0) is 7.05 Å². The Morgan fingerprint density at radius 2 is 1.76 bits per heavy atom. The lowest BCUT2D eigenvalue weighted by atomic mass is 10.2. The highest BCUT2D eigenvalue weighted by molar-refractivity contribution is 5.82. The topological polar surface area (TPSA) is 89.6 Å². The fraction of sp³-hybridized carbons (Fsp3) is 0.350. The van der Waals surface area contributed by atoms with E-state index >= 15 is 0 Å². The highest BCUT2D eigenvalue weighted by Gasteiger charge is 2.13. The van der Waals surface area contributed by atoms with Gasteiger partial charge in [0, 0.05) is 37.3 Å². The molecular formula is C20H23N9. The van der Waals surface area contributed by atoms with Crippen molar-refractivity contribution in [1.29, 1.82) is 0 Å². The van der Waals surface area contributed by atoms with Gasteiger partial charge < -0.3 is 10.2 Å². The first-order valence-electron chi connectivity index (χ1n) is 9.94. The Bertz CT molecular complexity index is 1120. The third-order valence-corrected chi connectivity index (χ3v) is 5.30. The molecule has 4 aromatic rings. The SMILES string of the molecule is Cn1ncc2ccc(Nc3ncn(-c4cc(N5CCCCCC5)ncn4)n3)cc21. The largest absolute Gasteiger partial charge is 0.356 e. The predicted octanol–water partition coefficient (Wildman–Crippen LogP) is 3.07. The van der Waals surface area contributed by atoms with Gasteiger partial charge in [-0.25, -0.2) is 14.6 Å². The first kappa shape index (κ1) is 17.6. The maximum Gasteiger partial charge on any atom is 0.247 e. The molecule has 1 aliphatic rings. The van der Waals surface area contributed by atoms with Gasteiger partial charge in [-0.05, 0) is 31.0 Å². The van der Waals surface area contributed by atoms with Crippen molar-refractivity contribution in [3.8, 4) is 5.82 Å². The summed E-state index contributed by atoms with van der Waals surface area (Å²) in [6.07, 6.45) is 10.1. The molecule has 0 unspecified atom stereocenters. The van der Waals surface area contributed by atoms with E-state index in [1.165, 1.54) is 25.7 Å². The van der Waals surface area contributed by atoms with E-state index in [0.29, 0.717) is 11.8 Å². The first-order chi connectivity index (χ1) is 14.3. The second-order valence-corrected chi connectivity index (χ2v) is 7.32. The lowest BCUT2D eigenvalue weighted by Gasteiger charge is -2.21. The molecule has 5 rings (SSSR count). The van der Waals surface area contributed by atoms with Crippen molar-refractivity contribution < 1.29 is 0 Å². The van der Waals surface area contributed by atoms with Crippen LogP contribution in [0, 0.1) is 0 Å². The number of fused-ring (bicyclic) bond motifs is 1. The van der Waals surface area contributed by atoms with E-state index in [0.717, 1.165) is 35.5 Å². The van der Waals surface area contributed by atoms with Gasteiger partial charge in [-0.3, -0.25) is 4.68 Å². The molecule has 1 aliphatic heterocycles. The molecule has 1 N–H and O–H groups in total. The van der Waals surface area contributed by atoms with Crippen LogP contribution >= 0.6 is 0 Å². The Morgan fingerprint density at radius 3 is 2.62 bits per heavy atom. The summed E-state index contributed by atoms with van der Waals surface area (Å²) in [5.41, 5.74) is 1.96. The van der Waals surface area contributed by atoms with Gasteiger partial charge in [0.25, 0.3) is 0 Å². The minimum Gasteiger partial charge on any atom is -0.356 e. The van der Waals surface area contributed by atoms with Crippen molar-refractivity contribution in [1.82, 2.24) is 34.5 Å². The normalized spacial score (nSPS) is 14.9. The standard InChI is InChI=1S/C20H23N9/c1-27-17-10-16(7-6-15(17)12-24-27)25-20-23-14-29(26-20)19-11-18(21-13-22-19)28-8-4-2-3-5-9-28/h6-7,10-14H,2-5,8-9H2,1H3,(H,25,26). The molecule has 0 spiro atoms. The zero-order valence-corrected chi connectivity index (χ0v) is 16.4. The smallest absolute Gasteiger partial charge is 0.247 e. The molecule has 0 amide bonds. The van der Waals surface area contributed by atoms with Crippen molar-refractivity contribution in [3.05, 3.63) is 43.1 Å². The van der Waals surface area contributed by atoms with Crippen LogP contribution in [0.4, 0.5) is 17.5 Å². The molecule has 1 fully saturated rings. The van der Waals surface area contributed by atoms with E-state index in [1.807, 2.05) is 42.2 Å². The molecule has 0 saturated carbocycles. The van der Waals surface area contributed by atoms with Gasteiger partial charge in [0.05, 0.1) is 11.7 Å². The average molecular weight is 389 g/mol. The van der Waals surface area contributed by atoms with E-state index in [1.54, 1.807) is 17.3 Å². The Hall–Kier alpha value is -3.49. The maximum absolute atomic E-state index is 4.53. The zero-order valence-electron chi connectivity index (χ0n) is 16.4. The molecule has 1 saturated heterocycles. The number of rotatable bonds is 4. The number of benzene rings is 1. The second-order valence-electron chi connectivity index (χ2n) is 7.32. The number of anilines is 3. The second kappa shape index (κ2) is 7.50. The quantitative estimate of drug-likeness (QED) is 0.574. The highest BCUT2D eigenvalue weighted by atomic mass is 15.4. The van der Waals surface area contributed by atoms with Gasteiger partial charge in [-0.1, -0.05) is 12.8 Å². The first-order valence-corrected chi connectivity index (χ1v) is 9.94. The summed E-state index contributed by atoms with van der Waals surface area (Å²) < 4.78 is 3.52. The third-order valence-electron chi connectivity index (χ3n) is 5.30. The summed E-state index contributed by atoms with van der Waals surface area (Å²) in [6, 6.07) is 8.03. The summed E-state index contributed by atoms with van der Waals surface area (Å²) in [5.74, 6) is 2.17. The van der Waals surface area contributed by atoms with E-state index in [2.05, 4.69) is 35.4 Å². The van der Waals surface area contributed by atoms with Gasteiger partial charge in [0.15, 0.2) is 5.82 Å². The Labute approximate surface area is 168 Å². The average Bonchev–Trinajstić information content (AvgIpc) is 3.25. The molecule has 4 heterocycles. The summed E-state index contributed by atoms with van der Waals surface area (Å²) in [5, 5.41) is 13.2. The molecule has 0 atom stereocenters. The van der Waals surface area contributed by atoms with Crippen LogP contribution in [0.5, 0.6) is 0 Å². The van der Waals surface area contributed by atoms with Crippen molar-refractivity contribution >= 4 is 28.4 Å². The van der Waals surface area contributed by atoms with E-state index in [9.17, 15) is 0 Å². The van der Waals surface area contributed by atoms with E-state index in [-0.39, 0.29) is 0 Å². The molecule has 148 valence electrons. The molecule has 0 bridgehead atoms. The predicted molar refractivity (Wildman–Crippen MR) is 112 cm³/mol. The minimum atomic E-state index is 0.515. The van der Waals surface area contributed by atoms with Gasteiger partial charge >= 0.3 is 0 Å². The number of aromatic nitrogens is 7. The number of aryl methyl sites for hydroxylation is 1. The Kier molecular flexibility index (Phi) is 4.55. The van der Waals surface area contributed by atoms with Crippen molar-refractivity contribution in [2.24, 2.45) is 7.05 Å². The van der Waals surface area contributed by atoms with Crippen LogP contribution in [0.3, 0.4) is 0 Å². The molecular weight excluding hydrogens is 366 g/mol. The number of nitrogens with one attached hydrogen (secondary N) is 1. The van der Waals surface area contributed by atoms with Crippen LogP contribution in [0.15, 0.2) is 43.1 Å². The fourth-order valence-corrected chi connectivity index (χ4v) is 3.72. The molecule has 1 aromatic carbocycles. The van der Waals surface area contributed by atoms with Crippen LogP contribution in [0.1, 0.15) is 25.7 Å². The van der Waals surface area contributed by atoms with Crippen LogP contribution < -0.4 is 10.2 Å². The van der Waals surface area contributed by atoms with Crippen molar-refractivity contribution in [2.45, 2.75) is 25.7 Å². The minimum absolute atomic E-state index is 0.515. The summed E-state index contributed by atoms with van der Waals surface area (Å²) in [7, 11) is 1.93. The summed E-state index contributed by atoms with van der Waals surface area (Å²) >= 11 is 0. The summed E-state index contributed by atoms with van der Waals surface area (Å²) in [6.45, 7) is 2.08. The molecule has 9 heteroatoms.